The van der Waals surface area contributed by atoms with Gasteiger partial charge in [0, 0.05) is 105 Å². The van der Waals surface area contributed by atoms with E-state index in [0.717, 1.165) is 154 Å². The van der Waals surface area contributed by atoms with Crippen LogP contribution in [0, 0.1) is 0 Å². The SMILES string of the molecule is FC(F)(F)c1ccc(-c2ccncc2-n2c3ccc(-n4c5ccccc5c5ccccc54)cc3c3cc(-n4c5ccccc5c5ccccc54)ccc32)c(-n2c3ccc(-n4c5ccccc5c5ccccc54)cc3c3cc(-n4c5ccccc5c5ccccc54)ccc32)c1. The molecular weight excluding hydrogens is 1160 g/mol. The summed E-state index contributed by atoms with van der Waals surface area (Å²) in [6.45, 7) is 0. The monoisotopic (exact) mass is 1210 g/mol. The zero-order valence-electron chi connectivity index (χ0n) is 50.1. The first-order chi connectivity index (χ1) is 46.3. The van der Waals surface area contributed by atoms with E-state index in [1.54, 1.807) is 12.3 Å². The Morgan fingerprint density at radius 3 is 0.766 bits per heavy atom. The van der Waals surface area contributed by atoms with Gasteiger partial charge in [-0.1, -0.05) is 152 Å². The van der Waals surface area contributed by atoms with Crippen molar-refractivity contribution in [3.63, 3.8) is 0 Å². The number of benzene rings is 13. The van der Waals surface area contributed by atoms with E-state index in [1.165, 1.54) is 12.1 Å². The van der Waals surface area contributed by atoms with E-state index in [1.807, 2.05) is 16.8 Å². The molecule has 20 rings (SSSR count). The average molecular weight is 1210 g/mol. The summed E-state index contributed by atoms with van der Waals surface area (Å²) in [4.78, 5) is 4.88. The van der Waals surface area contributed by atoms with E-state index in [4.69, 9.17) is 4.98 Å². The minimum Gasteiger partial charge on any atom is -0.309 e. The summed E-state index contributed by atoms with van der Waals surface area (Å²) >= 11 is 0. The normalized spacial score (nSPS) is 12.4. The van der Waals surface area contributed by atoms with E-state index in [2.05, 4.69) is 290 Å². The molecule has 7 aromatic heterocycles. The van der Waals surface area contributed by atoms with Crippen molar-refractivity contribution >= 4 is 131 Å². The Morgan fingerprint density at radius 1 is 0.223 bits per heavy atom. The van der Waals surface area contributed by atoms with Crippen molar-refractivity contribution in [3.05, 3.63) is 309 Å². The minimum absolute atomic E-state index is 0.375. The van der Waals surface area contributed by atoms with Crippen LogP contribution in [0.3, 0.4) is 0 Å². The number of nitrogens with zero attached hydrogens (tertiary/aromatic N) is 7. The largest absolute Gasteiger partial charge is 0.416 e. The summed E-state index contributed by atoms with van der Waals surface area (Å²) in [5.41, 5.74) is 17.4. The predicted molar refractivity (Wildman–Crippen MR) is 381 cm³/mol. The molecule has 442 valence electrons. The molecule has 7 nitrogen and oxygen atoms in total. The first-order valence-corrected chi connectivity index (χ1v) is 31.6. The van der Waals surface area contributed by atoms with Crippen molar-refractivity contribution in [2.45, 2.75) is 6.18 Å². The summed E-state index contributed by atoms with van der Waals surface area (Å²) in [7, 11) is 0. The van der Waals surface area contributed by atoms with Gasteiger partial charge in [-0.2, -0.15) is 13.2 Å². The van der Waals surface area contributed by atoms with Gasteiger partial charge in [-0.25, -0.2) is 0 Å². The number of alkyl halides is 3. The molecule has 0 bridgehead atoms. The summed E-state index contributed by atoms with van der Waals surface area (Å²) in [5.74, 6) is 0. The highest BCUT2D eigenvalue weighted by molar-refractivity contribution is 6.17. The van der Waals surface area contributed by atoms with Crippen molar-refractivity contribution in [2.24, 2.45) is 0 Å². The van der Waals surface area contributed by atoms with Crippen LogP contribution in [-0.2, 0) is 6.18 Å². The fourth-order valence-corrected chi connectivity index (χ4v) is 15.8. The molecule has 10 heteroatoms. The molecule has 0 N–H and O–H groups in total. The molecule has 0 aliphatic carbocycles. The van der Waals surface area contributed by atoms with Gasteiger partial charge in [0.15, 0.2) is 0 Å². The number of hydrogen-bond acceptors (Lipinski definition) is 1. The molecular formula is C84H50F3N7. The Bertz CT molecular complexity index is 6060. The Hall–Kier alpha value is -12.4. The standard InChI is InChI=1S/C84H50F3N7/c85-84(86,87)51-33-38-64(82(45-51)93-78-39-34-52(89-70-25-9-1-17-56(70)57-18-2-10-26-71(57)89)46-66(78)67-47-53(35-40-79(67)93)90-72-27-11-3-19-58(72)59-20-4-12-28-73(59)90)65-43-44-88-50-83(65)94-80-41-36-54(91-74-29-13-5-21-60(74)61-22-6-14-30-75(61)91)48-68(80)69-49-55(37-42-81(69)94)92-76-31-15-7-23-62(76)63-24-8-16-32-77(63)92/h1-50H. The molecule has 0 amide bonds. The van der Waals surface area contributed by atoms with Gasteiger partial charge in [0.25, 0.3) is 0 Å². The van der Waals surface area contributed by atoms with Crippen LogP contribution in [0.2, 0.25) is 0 Å². The minimum atomic E-state index is -4.67. The molecule has 13 aromatic carbocycles. The topological polar surface area (TPSA) is 42.5 Å². The lowest BCUT2D eigenvalue weighted by Crippen LogP contribution is -2.08. The van der Waals surface area contributed by atoms with E-state index in [-0.39, 0.29) is 0 Å². The van der Waals surface area contributed by atoms with Gasteiger partial charge in [0.05, 0.1) is 89.3 Å². The maximum absolute atomic E-state index is 15.7. The van der Waals surface area contributed by atoms with E-state index in [9.17, 15) is 0 Å². The van der Waals surface area contributed by atoms with Gasteiger partial charge < -0.3 is 27.4 Å². The quantitative estimate of drug-likeness (QED) is 0.157. The Balaban J connectivity index is 0.856. The van der Waals surface area contributed by atoms with Gasteiger partial charge in [-0.05, 0) is 140 Å². The Morgan fingerprint density at radius 2 is 0.479 bits per heavy atom. The fourth-order valence-electron chi connectivity index (χ4n) is 15.8. The first kappa shape index (κ1) is 52.4. The van der Waals surface area contributed by atoms with Crippen LogP contribution in [0.5, 0.6) is 0 Å². The van der Waals surface area contributed by atoms with Crippen LogP contribution in [0.25, 0.3) is 176 Å². The molecule has 94 heavy (non-hydrogen) atoms. The first-order valence-electron chi connectivity index (χ1n) is 31.6. The predicted octanol–water partition coefficient (Wildman–Crippen LogP) is 22.4. The molecule has 0 saturated carbocycles. The summed E-state index contributed by atoms with van der Waals surface area (Å²) in [6, 6.07) is 100. The zero-order valence-corrected chi connectivity index (χ0v) is 50.1. The van der Waals surface area contributed by atoms with E-state index >= 15 is 13.2 Å². The van der Waals surface area contributed by atoms with Crippen LogP contribution >= 0.6 is 0 Å². The second-order valence-corrected chi connectivity index (χ2v) is 24.6. The number of rotatable bonds is 7. The lowest BCUT2D eigenvalue weighted by molar-refractivity contribution is -0.137. The number of hydrogen-bond donors (Lipinski definition) is 0. The number of pyridine rings is 1. The maximum Gasteiger partial charge on any atom is 0.416 e. The fraction of sp³-hybridized carbons (Fsp3) is 0.0119. The Labute approximate surface area is 534 Å². The lowest BCUT2D eigenvalue weighted by Gasteiger charge is -2.20. The molecule has 7 heterocycles. The smallest absolute Gasteiger partial charge is 0.309 e. The average Bonchev–Trinajstić information content (AvgIpc) is 1.56. The van der Waals surface area contributed by atoms with Crippen LogP contribution in [-0.4, -0.2) is 32.4 Å². The van der Waals surface area contributed by atoms with Crippen LogP contribution in [0.15, 0.2) is 304 Å². The molecule has 0 spiro atoms. The van der Waals surface area contributed by atoms with Gasteiger partial charge >= 0.3 is 6.18 Å². The number of para-hydroxylation sites is 8. The highest BCUT2D eigenvalue weighted by atomic mass is 19.4. The second-order valence-electron chi connectivity index (χ2n) is 24.6. The van der Waals surface area contributed by atoms with E-state index < -0.39 is 11.7 Å². The molecule has 0 unspecified atom stereocenters. The molecule has 0 aliphatic heterocycles. The highest BCUT2D eigenvalue weighted by Gasteiger charge is 2.33. The summed E-state index contributed by atoms with van der Waals surface area (Å²) < 4.78 is 60.8. The van der Waals surface area contributed by atoms with Crippen molar-refractivity contribution in [2.75, 3.05) is 0 Å². The van der Waals surface area contributed by atoms with Crippen molar-refractivity contribution in [1.29, 1.82) is 0 Å². The van der Waals surface area contributed by atoms with Crippen molar-refractivity contribution in [1.82, 2.24) is 32.4 Å². The van der Waals surface area contributed by atoms with Crippen LogP contribution in [0.4, 0.5) is 13.2 Å². The molecule has 0 atom stereocenters. The van der Waals surface area contributed by atoms with Gasteiger partial charge in [0.2, 0.25) is 0 Å². The zero-order chi connectivity index (χ0) is 62.1. The van der Waals surface area contributed by atoms with Gasteiger partial charge in [0.1, 0.15) is 0 Å². The second kappa shape index (κ2) is 19.6. The van der Waals surface area contributed by atoms with Crippen molar-refractivity contribution < 1.29 is 13.2 Å². The maximum atomic E-state index is 15.7. The van der Waals surface area contributed by atoms with Crippen LogP contribution in [0.1, 0.15) is 5.56 Å². The molecule has 0 saturated heterocycles. The summed E-state index contributed by atoms with van der Waals surface area (Å²) in [5, 5.41) is 12.9. The number of halogens is 3. The van der Waals surface area contributed by atoms with Gasteiger partial charge in [-0.3, -0.25) is 4.98 Å². The molecule has 20 aromatic rings. The third-order valence-electron chi connectivity index (χ3n) is 19.7. The van der Waals surface area contributed by atoms with Crippen LogP contribution < -0.4 is 0 Å². The molecule has 0 fully saturated rings. The van der Waals surface area contributed by atoms with Crippen molar-refractivity contribution in [3.8, 4) is 45.3 Å². The highest BCUT2D eigenvalue weighted by Crippen LogP contribution is 2.47. The number of aromatic nitrogens is 7. The Kier molecular flexibility index (Phi) is 10.9. The third kappa shape index (κ3) is 7.41. The molecule has 0 aliphatic rings. The molecule has 0 radical (unpaired) electrons. The van der Waals surface area contributed by atoms with Gasteiger partial charge in [-0.15, -0.1) is 0 Å². The summed E-state index contributed by atoms with van der Waals surface area (Å²) in [6.07, 6.45) is -1.06. The third-order valence-corrected chi connectivity index (χ3v) is 19.7. The lowest BCUT2D eigenvalue weighted by atomic mass is 9.99. The van der Waals surface area contributed by atoms with E-state index in [0.29, 0.717) is 22.5 Å². The number of fused-ring (bicyclic) bond motifs is 18.